The number of carbonyl (C=O) groups is 1. The maximum atomic E-state index is 12.4. The molecule has 1 amide bonds. The van der Waals surface area contributed by atoms with E-state index in [1.54, 1.807) is 24.3 Å². The Balaban J connectivity index is 1.72. The molecule has 2 aromatic rings. The van der Waals surface area contributed by atoms with E-state index >= 15 is 0 Å². The van der Waals surface area contributed by atoms with E-state index in [0.717, 1.165) is 10.7 Å². The van der Waals surface area contributed by atoms with Crippen LogP contribution in [0.4, 0.5) is 13.2 Å². The van der Waals surface area contributed by atoms with Gasteiger partial charge >= 0.3 is 6.18 Å². The fourth-order valence-corrected chi connectivity index (χ4v) is 1.84. The Morgan fingerprint density at radius 2 is 2.04 bits per heavy atom. The number of nitrogens with zero attached hydrogens (tertiary/aromatic N) is 2. The minimum absolute atomic E-state index is 0.126. The first-order valence-electron chi connectivity index (χ1n) is 7.02. The van der Waals surface area contributed by atoms with Crippen LogP contribution >= 0.6 is 0 Å². The van der Waals surface area contributed by atoms with Gasteiger partial charge in [0.25, 0.3) is 5.91 Å². The summed E-state index contributed by atoms with van der Waals surface area (Å²) in [5.74, 6) is 0.694. The third-order valence-corrected chi connectivity index (χ3v) is 3.01. The Morgan fingerprint density at radius 3 is 2.71 bits per heavy atom. The Labute approximate surface area is 136 Å². The van der Waals surface area contributed by atoms with Crippen LogP contribution in [0, 0.1) is 0 Å². The second kappa shape index (κ2) is 7.71. The Bertz CT molecular complexity index is 686. The molecule has 0 saturated heterocycles. The van der Waals surface area contributed by atoms with Crippen molar-refractivity contribution in [1.29, 1.82) is 0 Å². The molecule has 1 N–H and O–H groups in total. The van der Waals surface area contributed by atoms with Crippen molar-refractivity contribution < 1.29 is 27.4 Å². The molecule has 130 valence electrons. The molecule has 0 aliphatic rings. The third-order valence-electron chi connectivity index (χ3n) is 3.01. The lowest BCUT2D eigenvalue weighted by Gasteiger charge is -2.08. The van der Waals surface area contributed by atoms with E-state index in [9.17, 15) is 18.0 Å². The summed E-state index contributed by atoms with van der Waals surface area (Å²) in [6.45, 7) is 0.0559. The van der Waals surface area contributed by atoms with E-state index < -0.39 is 11.9 Å². The van der Waals surface area contributed by atoms with Crippen LogP contribution in [-0.4, -0.2) is 35.9 Å². The number of methoxy groups -OCH3 is 1. The molecule has 0 unspecified atom stereocenters. The van der Waals surface area contributed by atoms with Crippen LogP contribution in [-0.2, 0) is 17.5 Å². The van der Waals surface area contributed by atoms with Crippen LogP contribution in [0.3, 0.4) is 0 Å². The predicted octanol–water partition coefficient (Wildman–Crippen LogP) is 2.11. The fourth-order valence-electron chi connectivity index (χ4n) is 1.84. The smallest absolute Gasteiger partial charge is 0.435 e. The van der Waals surface area contributed by atoms with E-state index in [4.69, 9.17) is 9.47 Å². The number of benzene rings is 1. The van der Waals surface area contributed by atoms with Crippen molar-refractivity contribution in [2.75, 3.05) is 20.3 Å². The van der Waals surface area contributed by atoms with Crippen molar-refractivity contribution in [3.05, 3.63) is 42.2 Å². The Hall–Kier alpha value is -2.71. The Kier molecular flexibility index (Phi) is 5.67. The van der Waals surface area contributed by atoms with Gasteiger partial charge in [-0.3, -0.25) is 9.48 Å². The van der Waals surface area contributed by atoms with E-state index in [1.165, 1.54) is 13.3 Å². The summed E-state index contributed by atoms with van der Waals surface area (Å²) in [5, 5.41) is 5.93. The highest BCUT2D eigenvalue weighted by molar-refractivity contribution is 5.77. The van der Waals surface area contributed by atoms with Gasteiger partial charge in [-0.05, 0) is 18.2 Å². The number of hydrogen-bond donors (Lipinski definition) is 1. The van der Waals surface area contributed by atoms with Gasteiger partial charge in [0.05, 0.1) is 13.7 Å². The first-order valence-corrected chi connectivity index (χ1v) is 7.02. The highest BCUT2D eigenvalue weighted by Gasteiger charge is 2.33. The molecule has 0 aliphatic carbocycles. The molecular formula is C15H16F3N3O3. The lowest BCUT2D eigenvalue weighted by Crippen LogP contribution is -2.31. The lowest BCUT2D eigenvalue weighted by molar-refractivity contribution is -0.141. The van der Waals surface area contributed by atoms with Gasteiger partial charge in [0, 0.05) is 18.8 Å². The number of hydrogen-bond acceptors (Lipinski definition) is 4. The highest BCUT2D eigenvalue weighted by Crippen LogP contribution is 2.27. The summed E-state index contributed by atoms with van der Waals surface area (Å²) in [5.41, 5.74) is -0.963. The van der Waals surface area contributed by atoms with Gasteiger partial charge < -0.3 is 14.8 Å². The van der Waals surface area contributed by atoms with Crippen molar-refractivity contribution in [3.63, 3.8) is 0 Å². The minimum Gasteiger partial charge on any atom is -0.497 e. The zero-order valence-electron chi connectivity index (χ0n) is 12.8. The summed E-state index contributed by atoms with van der Waals surface area (Å²) >= 11 is 0. The maximum Gasteiger partial charge on any atom is 0.435 e. The van der Waals surface area contributed by atoms with Crippen molar-refractivity contribution >= 4 is 5.91 Å². The molecule has 0 radical (unpaired) electrons. The third kappa shape index (κ3) is 5.18. The van der Waals surface area contributed by atoms with Gasteiger partial charge in [-0.2, -0.15) is 18.3 Å². The van der Waals surface area contributed by atoms with Crippen molar-refractivity contribution in [2.45, 2.75) is 12.7 Å². The summed E-state index contributed by atoms with van der Waals surface area (Å²) in [7, 11) is 1.52. The van der Waals surface area contributed by atoms with Gasteiger partial charge in [0.2, 0.25) is 0 Å². The summed E-state index contributed by atoms with van der Waals surface area (Å²) in [6.07, 6.45) is -3.26. The molecule has 2 rings (SSSR count). The molecule has 0 spiro atoms. The largest absolute Gasteiger partial charge is 0.497 e. The summed E-state index contributed by atoms with van der Waals surface area (Å²) in [6, 6.07) is 7.66. The van der Waals surface area contributed by atoms with E-state index in [2.05, 4.69) is 10.4 Å². The van der Waals surface area contributed by atoms with Crippen LogP contribution in [0.2, 0.25) is 0 Å². The van der Waals surface area contributed by atoms with Gasteiger partial charge in [-0.1, -0.05) is 6.07 Å². The monoisotopic (exact) mass is 343 g/mol. The second-order valence-corrected chi connectivity index (χ2v) is 4.78. The first-order chi connectivity index (χ1) is 11.4. The molecule has 1 heterocycles. The SMILES string of the molecule is COc1cccc(OCC(=O)NCCn2ccc(C(F)(F)F)n2)c1. The number of ether oxygens (including phenoxy) is 2. The molecule has 1 aromatic carbocycles. The van der Waals surface area contributed by atoms with Gasteiger partial charge in [-0.25, -0.2) is 0 Å². The van der Waals surface area contributed by atoms with Crippen LogP contribution in [0.15, 0.2) is 36.5 Å². The van der Waals surface area contributed by atoms with Crippen LogP contribution in [0.5, 0.6) is 11.5 Å². The van der Waals surface area contributed by atoms with Crippen molar-refractivity contribution in [1.82, 2.24) is 15.1 Å². The number of nitrogens with one attached hydrogen (secondary N) is 1. The number of halogens is 3. The second-order valence-electron chi connectivity index (χ2n) is 4.78. The fraction of sp³-hybridized carbons (Fsp3) is 0.333. The minimum atomic E-state index is -4.47. The zero-order chi connectivity index (χ0) is 17.6. The molecule has 6 nitrogen and oxygen atoms in total. The highest BCUT2D eigenvalue weighted by atomic mass is 19.4. The average Bonchev–Trinajstić information content (AvgIpc) is 3.02. The maximum absolute atomic E-state index is 12.4. The molecule has 0 fully saturated rings. The molecule has 24 heavy (non-hydrogen) atoms. The van der Waals surface area contributed by atoms with E-state index in [0.29, 0.717) is 11.5 Å². The summed E-state index contributed by atoms with van der Waals surface area (Å²) < 4.78 is 48.6. The van der Waals surface area contributed by atoms with Gasteiger partial charge in [0.1, 0.15) is 11.5 Å². The predicted molar refractivity (Wildman–Crippen MR) is 78.7 cm³/mol. The van der Waals surface area contributed by atoms with Gasteiger partial charge in [-0.15, -0.1) is 0 Å². The average molecular weight is 343 g/mol. The van der Waals surface area contributed by atoms with Crippen LogP contribution < -0.4 is 14.8 Å². The number of carbonyl (C=O) groups excluding carboxylic acids is 1. The quantitative estimate of drug-likeness (QED) is 0.836. The Morgan fingerprint density at radius 1 is 1.29 bits per heavy atom. The molecule has 0 bridgehead atoms. The normalized spacial score (nSPS) is 11.2. The molecular weight excluding hydrogens is 327 g/mol. The number of aromatic nitrogens is 2. The molecule has 0 saturated carbocycles. The molecule has 1 aromatic heterocycles. The topological polar surface area (TPSA) is 65.4 Å². The van der Waals surface area contributed by atoms with E-state index in [-0.39, 0.29) is 25.6 Å². The van der Waals surface area contributed by atoms with Gasteiger partial charge in [0.15, 0.2) is 12.3 Å². The summed E-state index contributed by atoms with van der Waals surface area (Å²) in [4.78, 5) is 11.6. The number of rotatable bonds is 7. The standard InChI is InChI=1S/C15H16F3N3O3/c1-23-11-3-2-4-12(9-11)24-10-14(22)19-6-8-21-7-5-13(20-21)15(16,17)18/h2-5,7,9H,6,8,10H2,1H3,(H,19,22). The van der Waals surface area contributed by atoms with E-state index in [1.807, 2.05) is 0 Å². The molecule has 0 atom stereocenters. The molecule has 0 aliphatic heterocycles. The number of alkyl halides is 3. The van der Waals surface area contributed by atoms with Crippen molar-refractivity contribution in [3.8, 4) is 11.5 Å². The zero-order valence-corrected chi connectivity index (χ0v) is 12.8. The van der Waals surface area contributed by atoms with Crippen molar-refractivity contribution in [2.24, 2.45) is 0 Å². The lowest BCUT2D eigenvalue weighted by atomic mass is 10.3. The molecule has 9 heteroatoms. The first kappa shape index (κ1) is 17.6. The van der Waals surface area contributed by atoms with Crippen LogP contribution in [0.1, 0.15) is 5.69 Å². The van der Waals surface area contributed by atoms with Crippen LogP contribution in [0.25, 0.3) is 0 Å². The number of amides is 1.